The lowest BCUT2D eigenvalue weighted by molar-refractivity contribution is -0.121. The number of ether oxygens (including phenoxy) is 3. The van der Waals surface area contributed by atoms with Crippen molar-refractivity contribution in [3.8, 4) is 11.5 Å². The Labute approximate surface area is 183 Å². The summed E-state index contributed by atoms with van der Waals surface area (Å²) in [4.78, 5) is 25.8. The topological polar surface area (TPSA) is 73.9 Å². The number of hydrogen-bond acceptors (Lipinski definition) is 5. The van der Waals surface area contributed by atoms with Gasteiger partial charge < -0.3 is 19.5 Å². The molecule has 6 heteroatoms. The fourth-order valence-electron chi connectivity index (χ4n) is 4.07. The van der Waals surface area contributed by atoms with Gasteiger partial charge in [-0.25, -0.2) is 4.79 Å². The molecule has 0 bridgehead atoms. The highest BCUT2D eigenvalue weighted by atomic mass is 16.5. The van der Waals surface area contributed by atoms with Crippen LogP contribution in [-0.2, 0) is 14.9 Å². The van der Waals surface area contributed by atoms with Gasteiger partial charge in [0.15, 0.2) is 0 Å². The van der Waals surface area contributed by atoms with E-state index in [-0.39, 0.29) is 12.0 Å². The maximum Gasteiger partial charge on any atom is 0.341 e. The number of esters is 1. The van der Waals surface area contributed by atoms with Crippen LogP contribution in [0.2, 0.25) is 0 Å². The van der Waals surface area contributed by atoms with Gasteiger partial charge in [-0.15, -0.1) is 0 Å². The van der Waals surface area contributed by atoms with E-state index in [0.29, 0.717) is 17.0 Å². The third kappa shape index (κ3) is 4.84. The Morgan fingerprint density at radius 1 is 1.06 bits per heavy atom. The Hall–Kier alpha value is -3.02. The lowest BCUT2D eigenvalue weighted by Crippen LogP contribution is -2.38. The number of nitrogens with one attached hydrogen (secondary N) is 1. The minimum Gasteiger partial charge on any atom is -0.497 e. The monoisotopic (exact) mass is 425 g/mol. The number of methoxy groups -OCH3 is 2. The van der Waals surface area contributed by atoms with E-state index in [2.05, 4.69) is 5.32 Å². The molecule has 0 aromatic heterocycles. The quantitative estimate of drug-likeness (QED) is 0.595. The number of anilines is 1. The molecule has 31 heavy (non-hydrogen) atoms. The zero-order valence-electron chi connectivity index (χ0n) is 18.7. The fraction of sp³-hybridized carbons (Fsp3) is 0.440. The van der Waals surface area contributed by atoms with Gasteiger partial charge in [0.2, 0.25) is 5.91 Å². The third-order valence-corrected chi connectivity index (χ3v) is 6.08. The Kier molecular flexibility index (Phi) is 7.21. The molecule has 0 radical (unpaired) electrons. The van der Waals surface area contributed by atoms with Gasteiger partial charge >= 0.3 is 5.97 Å². The van der Waals surface area contributed by atoms with Gasteiger partial charge in [0, 0.05) is 5.69 Å². The van der Waals surface area contributed by atoms with E-state index in [1.54, 1.807) is 25.3 Å². The van der Waals surface area contributed by atoms with Crippen molar-refractivity contribution in [1.29, 1.82) is 0 Å². The molecule has 0 aliphatic heterocycles. The van der Waals surface area contributed by atoms with E-state index in [1.165, 1.54) is 7.11 Å². The first-order valence-electron chi connectivity index (χ1n) is 10.8. The summed E-state index contributed by atoms with van der Waals surface area (Å²) in [5.74, 6) is 0.642. The second kappa shape index (κ2) is 9.86. The minimum absolute atomic E-state index is 0.0410. The Morgan fingerprint density at radius 3 is 2.32 bits per heavy atom. The van der Waals surface area contributed by atoms with Crippen LogP contribution in [0.25, 0.3) is 0 Å². The molecule has 1 atom stereocenters. The summed E-state index contributed by atoms with van der Waals surface area (Å²) in [7, 11) is 2.96. The number of rotatable bonds is 8. The van der Waals surface area contributed by atoms with E-state index in [0.717, 1.165) is 43.4 Å². The second-order valence-corrected chi connectivity index (χ2v) is 8.01. The summed E-state index contributed by atoms with van der Waals surface area (Å²) >= 11 is 0. The molecule has 1 unspecified atom stereocenters. The number of amides is 1. The highest BCUT2D eigenvalue weighted by Gasteiger charge is 2.42. The third-order valence-electron chi connectivity index (χ3n) is 6.08. The van der Waals surface area contributed by atoms with Crippen LogP contribution >= 0.6 is 0 Å². The first-order chi connectivity index (χ1) is 14.9. The van der Waals surface area contributed by atoms with Crippen LogP contribution in [0.3, 0.4) is 0 Å². The van der Waals surface area contributed by atoms with Gasteiger partial charge in [0.1, 0.15) is 17.1 Å². The van der Waals surface area contributed by atoms with E-state index in [1.807, 2.05) is 38.1 Å². The molecule has 0 spiro atoms. The van der Waals surface area contributed by atoms with Crippen molar-refractivity contribution in [3.63, 3.8) is 0 Å². The van der Waals surface area contributed by atoms with Crippen LogP contribution in [-0.4, -0.2) is 32.2 Å². The average molecular weight is 426 g/mol. The molecular formula is C25H31NO5. The highest BCUT2D eigenvalue weighted by molar-refractivity contribution is 6.01. The lowest BCUT2D eigenvalue weighted by atomic mass is 9.78. The van der Waals surface area contributed by atoms with Crippen LogP contribution in [0.5, 0.6) is 11.5 Å². The largest absolute Gasteiger partial charge is 0.497 e. The molecule has 3 rings (SSSR count). The molecule has 2 aromatic rings. The van der Waals surface area contributed by atoms with Crippen LogP contribution in [0.4, 0.5) is 5.69 Å². The van der Waals surface area contributed by atoms with E-state index in [9.17, 15) is 9.59 Å². The van der Waals surface area contributed by atoms with Crippen molar-refractivity contribution in [2.75, 3.05) is 19.5 Å². The van der Waals surface area contributed by atoms with Gasteiger partial charge in [-0.2, -0.15) is 0 Å². The van der Waals surface area contributed by atoms with Gasteiger partial charge in [0.25, 0.3) is 0 Å². The molecule has 1 N–H and O–H groups in total. The van der Waals surface area contributed by atoms with Crippen LogP contribution in [0.1, 0.15) is 61.9 Å². The number of carbonyl (C=O) groups is 2. The van der Waals surface area contributed by atoms with Gasteiger partial charge in [-0.1, -0.05) is 31.9 Å². The smallest absolute Gasteiger partial charge is 0.341 e. The molecule has 1 aliphatic carbocycles. The Balaban J connectivity index is 1.88. The molecule has 2 aromatic carbocycles. The highest BCUT2D eigenvalue weighted by Crippen LogP contribution is 2.42. The van der Waals surface area contributed by atoms with Gasteiger partial charge in [-0.05, 0) is 62.1 Å². The number of hydrogen-bond donors (Lipinski definition) is 1. The average Bonchev–Trinajstić information content (AvgIpc) is 3.30. The molecule has 1 amide bonds. The lowest BCUT2D eigenvalue weighted by Gasteiger charge is -2.28. The SMILES string of the molecule is CCC(C)Oc1ccc(NC(=O)C2(c3ccc(OC)cc3)CCCC2)cc1C(=O)OC. The normalized spacial score (nSPS) is 15.7. The van der Waals surface area contributed by atoms with Gasteiger partial charge in [-0.3, -0.25) is 4.79 Å². The maximum absolute atomic E-state index is 13.5. The van der Waals surface area contributed by atoms with Crippen molar-refractivity contribution in [2.45, 2.75) is 57.5 Å². The first-order valence-corrected chi connectivity index (χ1v) is 10.8. The minimum atomic E-state index is -0.594. The van der Waals surface area contributed by atoms with Gasteiger partial charge in [0.05, 0.1) is 25.7 Å². The zero-order chi connectivity index (χ0) is 22.4. The number of carbonyl (C=O) groups excluding carboxylic acids is 2. The van der Waals surface area contributed by atoms with Crippen LogP contribution in [0.15, 0.2) is 42.5 Å². The van der Waals surface area contributed by atoms with Crippen molar-refractivity contribution < 1.29 is 23.8 Å². The first kappa shape index (κ1) is 22.7. The summed E-state index contributed by atoms with van der Waals surface area (Å²) in [6.45, 7) is 3.95. The molecule has 1 aliphatic rings. The molecule has 166 valence electrons. The van der Waals surface area contributed by atoms with Crippen LogP contribution in [0, 0.1) is 0 Å². The molecule has 1 saturated carbocycles. The molecular weight excluding hydrogens is 394 g/mol. The van der Waals surface area contributed by atoms with Crippen molar-refractivity contribution in [3.05, 3.63) is 53.6 Å². The van der Waals surface area contributed by atoms with E-state index < -0.39 is 11.4 Å². The standard InChI is InChI=1S/C25H31NO5/c1-5-17(2)31-22-13-10-19(16-21(22)23(27)30-4)26-24(28)25(14-6-7-15-25)18-8-11-20(29-3)12-9-18/h8-13,16-17H,5-7,14-15H2,1-4H3,(H,26,28). The summed E-state index contributed by atoms with van der Waals surface area (Å²) in [5, 5.41) is 3.03. The summed E-state index contributed by atoms with van der Waals surface area (Å²) in [5.41, 5.74) is 1.23. The van der Waals surface area contributed by atoms with E-state index in [4.69, 9.17) is 14.2 Å². The van der Waals surface area contributed by atoms with Crippen molar-refractivity contribution >= 4 is 17.6 Å². The number of benzene rings is 2. The van der Waals surface area contributed by atoms with Crippen LogP contribution < -0.4 is 14.8 Å². The summed E-state index contributed by atoms with van der Waals surface area (Å²) in [6, 6.07) is 12.8. The maximum atomic E-state index is 13.5. The van der Waals surface area contributed by atoms with E-state index >= 15 is 0 Å². The molecule has 0 saturated heterocycles. The molecule has 6 nitrogen and oxygen atoms in total. The van der Waals surface area contributed by atoms with Crippen molar-refractivity contribution in [1.82, 2.24) is 0 Å². The summed E-state index contributed by atoms with van der Waals surface area (Å²) < 4.78 is 16.0. The summed E-state index contributed by atoms with van der Waals surface area (Å²) in [6.07, 6.45) is 4.32. The van der Waals surface area contributed by atoms with Crippen molar-refractivity contribution in [2.24, 2.45) is 0 Å². The second-order valence-electron chi connectivity index (χ2n) is 8.01. The predicted molar refractivity (Wildman–Crippen MR) is 120 cm³/mol. The Bertz CT molecular complexity index is 916. The zero-order valence-corrected chi connectivity index (χ0v) is 18.7. The molecule has 0 heterocycles. The Morgan fingerprint density at radius 2 is 1.74 bits per heavy atom. The molecule has 1 fully saturated rings. The predicted octanol–water partition coefficient (Wildman–Crippen LogP) is 5.11. The fourth-order valence-corrected chi connectivity index (χ4v) is 4.07.